The van der Waals surface area contributed by atoms with Crippen molar-refractivity contribution in [2.75, 3.05) is 19.7 Å². The van der Waals surface area contributed by atoms with Crippen LogP contribution in [0.5, 0.6) is 0 Å². The first-order chi connectivity index (χ1) is 12.2. The number of carbonyl (C=O) groups is 1. The number of fused-ring (bicyclic) bond motifs is 3. The molecular formula is C19H26N4O2. The van der Waals surface area contributed by atoms with Gasteiger partial charge in [-0.05, 0) is 43.2 Å². The molecule has 1 saturated heterocycles. The van der Waals surface area contributed by atoms with E-state index in [-0.39, 0.29) is 12.1 Å². The Balaban J connectivity index is 1.28. The summed E-state index contributed by atoms with van der Waals surface area (Å²) in [7, 11) is 0. The number of amides is 1. The van der Waals surface area contributed by atoms with Crippen LogP contribution in [0, 0.1) is 5.92 Å². The molecule has 1 heterocycles. The van der Waals surface area contributed by atoms with E-state index in [4.69, 9.17) is 15.5 Å². The lowest BCUT2D eigenvalue weighted by Crippen LogP contribution is -2.48. The van der Waals surface area contributed by atoms with Gasteiger partial charge in [-0.3, -0.25) is 0 Å². The molecule has 1 aromatic carbocycles. The Morgan fingerprint density at radius 1 is 1.36 bits per heavy atom. The fourth-order valence-electron chi connectivity index (χ4n) is 4.32. The predicted octanol–water partition coefficient (Wildman–Crippen LogP) is 1.85. The number of nitrogens with one attached hydrogen (secondary N) is 1. The molecule has 25 heavy (non-hydrogen) atoms. The molecule has 0 bridgehead atoms. The Morgan fingerprint density at radius 2 is 2.12 bits per heavy atom. The zero-order valence-electron chi connectivity index (χ0n) is 14.6. The van der Waals surface area contributed by atoms with E-state index in [0.29, 0.717) is 43.5 Å². The minimum Gasteiger partial charge on any atom is -0.450 e. The summed E-state index contributed by atoms with van der Waals surface area (Å²) in [5, 5.41) is 3.34. The second kappa shape index (κ2) is 6.58. The van der Waals surface area contributed by atoms with Gasteiger partial charge in [-0.2, -0.15) is 0 Å². The summed E-state index contributed by atoms with van der Waals surface area (Å²) < 4.78 is 5.05. The number of hydrogen-bond acceptors (Lipinski definition) is 3. The molecule has 3 atom stereocenters. The number of ether oxygens (including phenoxy) is 1. The lowest BCUT2D eigenvalue weighted by molar-refractivity contribution is 0.0963. The normalized spacial score (nSPS) is 28.3. The van der Waals surface area contributed by atoms with Crippen LogP contribution in [0.2, 0.25) is 0 Å². The van der Waals surface area contributed by atoms with Gasteiger partial charge in [0.1, 0.15) is 0 Å². The number of likely N-dealkylation sites (tertiary alicyclic amines) is 1. The summed E-state index contributed by atoms with van der Waals surface area (Å²) in [6, 6.07) is 9.29. The number of benzene rings is 1. The Bertz CT molecular complexity index is 682. The molecule has 134 valence electrons. The number of carbonyl (C=O) groups excluding carboxylic acids is 1. The number of piperidine rings is 1. The first kappa shape index (κ1) is 16.2. The Morgan fingerprint density at radius 3 is 2.88 bits per heavy atom. The molecule has 4 rings (SSSR count). The van der Waals surface area contributed by atoms with Gasteiger partial charge in [-0.1, -0.05) is 24.3 Å². The molecule has 1 aromatic rings. The SMILES string of the molecule is CCOC(=O)N1CCC(NC(N)=NC2C3Cc4ccccc4C32)CC1. The molecule has 0 radical (unpaired) electrons. The van der Waals surface area contributed by atoms with E-state index in [1.54, 1.807) is 4.90 Å². The van der Waals surface area contributed by atoms with Crippen molar-refractivity contribution >= 4 is 12.1 Å². The number of rotatable bonds is 3. The molecule has 6 nitrogen and oxygen atoms in total. The van der Waals surface area contributed by atoms with Crippen LogP contribution in [0.3, 0.4) is 0 Å². The van der Waals surface area contributed by atoms with Gasteiger partial charge in [0.25, 0.3) is 0 Å². The largest absolute Gasteiger partial charge is 0.450 e. The summed E-state index contributed by atoms with van der Waals surface area (Å²) in [5.74, 6) is 1.73. The summed E-state index contributed by atoms with van der Waals surface area (Å²) >= 11 is 0. The summed E-state index contributed by atoms with van der Waals surface area (Å²) in [6.45, 7) is 3.65. The molecule has 2 fully saturated rings. The van der Waals surface area contributed by atoms with Crippen LogP contribution in [0.25, 0.3) is 0 Å². The number of guanidine groups is 1. The molecular weight excluding hydrogens is 316 g/mol. The highest BCUT2D eigenvalue weighted by Gasteiger charge is 2.55. The molecule has 6 heteroatoms. The number of nitrogens with two attached hydrogens (primary N) is 1. The van der Waals surface area contributed by atoms with Crippen LogP contribution >= 0.6 is 0 Å². The number of nitrogens with zero attached hydrogens (tertiary/aromatic N) is 2. The van der Waals surface area contributed by atoms with Crippen LogP contribution in [-0.4, -0.2) is 48.7 Å². The predicted molar refractivity (Wildman–Crippen MR) is 96.5 cm³/mol. The third-order valence-electron chi connectivity index (χ3n) is 5.66. The summed E-state index contributed by atoms with van der Waals surface area (Å²) in [4.78, 5) is 18.2. The molecule has 3 unspecified atom stereocenters. The van der Waals surface area contributed by atoms with E-state index >= 15 is 0 Å². The van der Waals surface area contributed by atoms with Crippen molar-refractivity contribution < 1.29 is 9.53 Å². The highest BCUT2D eigenvalue weighted by atomic mass is 16.6. The minimum atomic E-state index is -0.216. The van der Waals surface area contributed by atoms with Crippen molar-refractivity contribution in [3.05, 3.63) is 35.4 Å². The fraction of sp³-hybridized carbons (Fsp3) is 0.579. The van der Waals surface area contributed by atoms with Gasteiger partial charge in [0.15, 0.2) is 5.96 Å². The highest BCUT2D eigenvalue weighted by Crippen LogP contribution is 2.58. The maximum Gasteiger partial charge on any atom is 0.409 e. The van der Waals surface area contributed by atoms with Gasteiger partial charge < -0.3 is 20.7 Å². The standard InChI is InChI=1S/C19H26N4O2/c1-2-25-19(24)23-9-7-13(8-10-23)21-18(20)22-17-15-11-12-5-3-4-6-14(12)16(15)17/h3-6,13,15-17H,2,7-11H2,1H3,(H3,20,21,22). The first-order valence-electron chi connectivity index (χ1n) is 9.26. The fourth-order valence-corrected chi connectivity index (χ4v) is 4.32. The van der Waals surface area contributed by atoms with Crippen molar-refractivity contribution in [2.24, 2.45) is 16.6 Å². The van der Waals surface area contributed by atoms with Gasteiger partial charge in [0.05, 0.1) is 12.6 Å². The molecule has 1 aliphatic heterocycles. The van der Waals surface area contributed by atoms with Crippen molar-refractivity contribution in [3.63, 3.8) is 0 Å². The number of aliphatic imine (C=N–C) groups is 1. The quantitative estimate of drug-likeness (QED) is 0.649. The van der Waals surface area contributed by atoms with Gasteiger partial charge >= 0.3 is 6.09 Å². The Labute approximate surface area is 148 Å². The number of hydrogen-bond donors (Lipinski definition) is 2. The van der Waals surface area contributed by atoms with E-state index in [0.717, 1.165) is 19.3 Å². The molecule has 3 aliphatic rings. The van der Waals surface area contributed by atoms with Crippen molar-refractivity contribution in [2.45, 2.75) is 44.2 Å². The molecule has 0 aromatic heterocycles. The average Bonchev–Trinajstić information content (AvgIpc) is 3.12. The smallest absolute Gasteiger partial charge is 0.409 e. The van der Waals surface area contributed by atoms with E-state index in [1.165, 1.54) is 11.1 Å². The van der Waals surface area contributed by atoms with Gasteiger partial charge in [-0.15, -0.1) is 0 Å². The first-order valence-corrected chi connectivity index (χ1v) is 9.26. The van der Waals surface area contributed by atoms with Crippen molar-refractivity contribution in [1.82, 2.24) is 10.2 Å². The Hall–Kier alpha value is -2.24. The third kappa shape index (κ3) is 3.17. The van der Waals surface area contributed by atoms with E-state index in [2.05, 4.69) is 29.6 Å². The minimum absolute atomic E-state index is 0.216. The highest BCUT2D eigenvalue weighted by molar-refractivity contribution is 5.79. The van der Waals surface area contributed by atoms with Crippen LogP contribution in [0.1, 0.15) is 36.8 Å². The van der Waals surface area contributed by atoms with Crippen molar-refractivity contribution in [1.29, 1.82) is 0 Å². The lowest BCUT2D eigenvalue weighted by atomic mass is 10.1. The van der Waals surface area contributed by atoms with Crippen LogP contribution in [-0.2, 0) is 11.2 Å². The maximum atomic E-state index is 11.7. The Kier molecular flexibility index (Phi) is 4.27. The third-order valence-corrected chi connectivity index (χ3v) is 5.66. The van der Waals surface area contributed by atoms with E-state index in [9.17, 15) is 4.79 Å². The zero-order valence-corrected chi connectivity index (χ0v) is 14.6. The average molecular weight is 342 g/mol. The second-order valence-corrected chi connectivity index (χ2v) is 7.20. The summed E-state index contributed by atoms with van der Waals surface area (Å²) in [6.07, 6.45) is 2.65. The van der Waals surface area contributed by atoms with Crippen LogP contribution < -0.4 is 11.1 Å². The molecule has 3 N–H and O–H groups in total. The van der Waals surface area contributed by atoms with Crippen LogP contribution in [0.4, 0.5) is 4.79 Å². The molecule has 1 saturated carbocycles. The topological polar surface area (TPSA) is 80.0 Å². The maximum absolute atomic E-state index is 11.7. The van der Waals surface area contributed by atoms with E-state index in [1.807, 2.05) is 6.92 Å². The molecule has 2 aliphatic carbocycles. The van der Waals surface area contributed by atoms with Crippen molar-refractivity contribution in [3.8, 4) is 0 Å². The zero-order chi connectivity index (χ0) is 17.4. The second-order valence-electron chi connectivity index (χ2n) is 7.20. The van der Waals surface area contributed by atoms with Gasteiger partial charge in [0, 0.05) is 25.0 Å². The lowest BCUT2D eigenvalue weighted by Gasteiger charge is -2.31. The van der Waals surface area contributed by atoms with Crippen LogP contribution in [0.15, 0.2) is 29.3 Å². The molecule has 0 spiro atoms. The monoisotopic (exact) mass is 342 g/mol. The molecule has 1 amide bonds. The van der Waals surface area contributed by atoms with E-state index < -0.39 is 0 Å². The van der Waals surface area contributed by atoms with Gasteiger partial charge in [-0.25, -0.2) is 9.79 Å². The summed E-state index contributed by atoms with van der Waals surface area (Å²) in [5.41, 5.74) is 9.07. The van der Waals surface area contributed by atoms with Gasteiger partial charge in [0.2, 0.25) is 0 Å².